The molecular weight excluding hydrogens is 308 g/mol. The summed E-state index contributed by atoms with van der Waals surface area (Å²) in [4.78, 5) is 13.7. The zero-order chi connectivity index (χ0) is 16.8. The molecule has 0 bridgehead atoms. The monoisotopic (exact) mass is 327 g/mol. The molecule has 7 heteroatoms. The molecule has 0 aliphatic carbocycles. The summed E-state index contributed by atoms with van der Waals surface area (Å²) in [7, 11) is 3.09. The summed E-state index contributed by atoms with van der Waals surface area (Å²) in [5, 5.41) is 0. The largest absolute Gasteiger partial charge is 0.493 e. The number of methoxy groups -OCH3 is 1. The lowest BCUT2D eigenvalue weighted by Crippen LogP contribution is -2.36. The summed E-state index contributed by atoms with van der Waals surface area (Å²) in [6.45, 7) is -1.72. The van der Waals surface area contributed by atoms with Crippen molar-refractivity contribution in [2.75, 3.05) is 27.4 Å². The fourth-order valence-corrected chi connectivity index (χ4v) is 2.27. The first-order valence-electron chi connectivity index (χ1n) is 7.16. The van der Waals surface area contributed by atoms with E-state index in [1.807, 2.05) is 0 Å². The van der Waals surface area contributed by atoms with Crippen molar-refractivity contribution >= 4 is 12.0 Å². The highest BCUT2D eigenvalue weighted by molar-refractivity contribution is 5.91. The zero-order valence-electron chi connectivity index (χ0n) is 13.0. The lowest BCUT2D eigenvalue weighted by atomic mass is 10.1. The first-order valence-corrected chi connectivity index (χ1v) is 7.16. The molecule has 5 nitrogen and oxygen atoms in total. The average molecular weight is 327 g/mol. The molecule has 0 saturated carbocycles. The molecule has 1 amide bonds. The van der Waals surface area contributed by atoms with E-state index in [1.54, 1.807) is 24.1 Å². The van der Waals surface area contributed by atoms with Crippen LogP contribution in [0.5, 0.6) is 11.5 Å². The third-order valence-corrected chi connectivity index (χ3v) is 3.62. The smallest absolute Gasteiger partial charge is 0.387 e. The Kier molecular flexibility index (Phi) is 5.92. The van der Waals surface area contributed by atoms with Crippen LogP contribution in [-0.4, -0.2) is 50.8 Å². The van der Waals surface area contributed by atoms with Gasteiger partial charge < -0.3 is 19.1 Å². The summed E-state index contributed by atoms with van der Waals surface area (Å²) < 4.78 is 39.2. The van der Waals surface area contributed by atoms with Gasteiger partial charge in [0, 0.05) is 19.7 Å². The molecule has 1 atom stereocenters. The van der Waals surface area contributed by atoms with Gasteiger partial charge in [-0.2, -0.15) is 8.78 Å². The van der Waals surface area contributed by atoms with Crippen molar-refractivity contribution in [3.8, 4) is 11.5 Å². The van der Waals surface area contributed by atoms with Gasteiger partial charge in [-0.25, -0.2) is 0 Å². The predicted molar refractivity (Wildman–Crippen MR) is 80.7 cm³/mol. The molecule has 0 radical (unpaired) electrons. The van der Waals surface area contributed by atoms with Gasteiger partial charge in [0.2, 0.25) is 5.91 Å². The highest BCUT2D eigenvalue weighted by Crippen LogP contribution is 2.29. The van der Waals surface area contributed by atoms with Crippen molar-refractivity contribution in [2.45, 2.75) is 19.1 Å². The molecule has 23 heavy (non-hydrogen) atoms. The van der Waals surface area contributed by atoms with Crippen LogP contribution in [0.1, 0.15) is 12.0 Å². The predicted octanol–water partition coefficient (Wildman–Crippen LogP) is 2.56. The van der Waals surface area contributed by atoms with E-state index in [2.05, 4.69) is 4.74 Å². The number of hydrogen-bond donors (Lipinski definition) is 0. The van der Waals surface area contributed by atoms with Gasteiger partial charge in [0.05, 0.1) is 19.8 Å². The molecule has 2 rings (SSSR count). The van der Waals surface area contributed by atoms with E-state index in [9.17, 15) is 13.6 Å². The SMILES string of the molecule is COc1cc(/C=C\C(=O)N(C)C2CCOC2)ccc1OC(F)F. The fourth-order valence-electron chi connectivity index (χ4n) is 2.27. The second-order valence-corrected chi connectivity index (χ2v) is 5.09. The molecule has 1 fully saturated rings. The summed E-state index contributed by atoms with van der Waals surface area (Å²) in [5.74, 6) is -0.0176. The number of carbonyl (C=O) groups excluding carboxylic acids is 1. The van der Waals surface area contributed by atoms with Gasteiger partial charge >= 0.3 is 6.61 Å². The van der Waals surface area contributed by atoms with Crippen molar-refractivity contribution < 1.29 is 27.8 Å². The van der Waals surface area contributed by atoms with Crippen LogP contribution in [0.4, 0.5) is 8.78 Å². The van der Waals surface area contributed by atoms with Crippen molar-refractivity contribution in [1.29, 1.82) is 0 Å². The van der Waals surface area contributed by atoms with Gasteiger partial charge in [-0.05, 0) is 30.2 Å². The third kappa shape index (κ3) is 4.66. The van der Waals surface area contributed by atoms with Crippen LogP contribution in [-0.2, 0) is 9.53 Å². The van der Waals surface area contributed by atoms with Gasteiger partial charge in [-0.1, -0.05) is 6.07 Å². The summed E-state index contributed by atoms with van der Waals surface area (Å²) >= 11 is 0. The van der Waals surface area contributed by atoms with E-state index < -0.39 is 6.61 Å². The Hall–Kier alpha value is -2.15. The Morgan fingerprint density at radius 2 is 2.22 bits per heavy atom. The second-order valence-electron chi connectivity index (χ2n) is 5.09. The summed E-state index contributed by atoms with van der Waals surface area (Å²) in [5.41, 5.74) is 0.646. The van der Waals surface area contributed by atoms with Crippen LogP contribution in [0.25, 0.3) is 6.08 Å². The van der Waals surface area contributed by atoms with Gasteiger partial charge in [0.1, 0.15) is 0 Å². The molecular formula is C16H19F2NO4. The Morgan fingerprint density at radius 3 is 2.83 bits per heavy atom. The number of likely N-dealkylation sites (N-methyl/N-ethyl adjacent to an activating group) is 1. The maximum Gasteiger partial charge on any atom is 0.387 e. The Bertz CT molecular complexity index is 571. The highest BCUT2D eigenvalue weighted by Gasteiger charge is 2.22. The maximum absolute atomic E-state index is 12.3. The van der Waals surface area contributed by atoms with E-state index >= 15 is 0 Å². The van der Waals surface area contributed by atoms with Gasteiger partial charge in [-0.3, -0.25) is 4.79 Å². The van der Waals surface area contributed by atoms with Crippen LogP contribution in [0, 0.1) is 0 Å². The maximum atomic E-state index is 12.3. The highest BCUT2D eigenvalue weighted by atomic mass is 19.3. The molecule has 1 unspecified atom stereocenters. The number of nitrogens with zero attached hydrogens (tertiary/aromatic N) is 1. The number of alkyl halides is 2. The Morgan fingerprint density at radius 1 is 1.43 bits per heavy atom. The topological polar surface area (TPSA) is 48.0 Å². The minimum absolute atomic E-state index is 0.0498. The molecule has 1 aromatic rings. The van der Waals surface area contributed by atoms with E-state index in [1.165, 1.54) is 25.3 Å². The molecule has 0 spiro atoms. The first kappa shape index (κ1) is 17.2. The van der Waals surface area contributed by atoms with Crippen molar-refractivity contribution in [2.24, 2.45) is 0 Å². The Balaban J connectivity index is 2.05. The number of amides is 1. The lowest BCUT2D eigenvalue weighted by molar-refractivity contribution is -0.126. The standard InChI is InChI=1S/C16H19F2NO4/c1-19(12-7-8-22-10-12)15(20)6-4-11-3-5-13(23-16(17)18)14(9-11)21-2/h3-6,9,12,16H,7-8,10H2,1-2H3/b6-4-. The molecule has 1 aliphatic heterocycles. The number of rotatable bonds is 6. The molecule has 1 saturated heterocycles. The molecule has 0 N–H and O–H groups in total. The minimum atomic E-state index is -2.92. The first-order chi connectivity index (χ1) is 11.0. The van der Waals surface area contributed by atoms with E-state index in [0.29, 0.717) is 18.8 Å². The number of benzene rings is 1. The van der Waals surface area contributed by atoms with Gasteiger partial charge in [-0.15, -0.1) is 0 Å². The van der Waals surface area contributed by atoms with E-state index in [-0.39, 0.29) is 23.4 Å². The molecule has 1 aromatic carbocycles. The molecule has 1 heterocycles. The fraction of sp³-hybridized carbons (Fsp3) is 0.438. The minimum Gasteiger partial charge on any atom is -0.493 e. The number of carbonyl (C=O) groups is 1. The van der Waals surface area contributed by atoms with E-state index in [4.69, 9.17) is 9.47 Å². The molecule has 126 valence electrons. The van der Waals surface area contributed by atoms with Gasteiger partial charge in [0.15, 0.2) is 11.5 Å². The number of ether oxygens (including phenoxy) is 3. The van der Waals surface area contributed by atoms with Crippen molar-refractivity contribution in [3.63, 3.8) is 0 Å². The third-order valence-electron chi connectivity index (χ3n) is 3.62. The Labute approximate surface area is 133 Å². The lowest BCUT2D eigenvalue weighted by Gasteiger charge is -2.21. The number of hydrogen-bond acceptors (Lipinski definition) is 4. The number of halogens is 2. The van der Waals surface area contributed by atoms with Crippen LogP contribution in [0.2, 0.25) is 0 Å². The van der Waals surface area contributed by atoms with Crippen LogP contribution >= 0.6 is 0 Å². The second kappa shape index (κ2) is 7.92. The van der Waals surface area contributed by atoms with E-state index in [0.717, 1.165) is 6.42 Å². The zero-order valence-corrected chi connectivity index (χ0v) is 13.0. The van der Waals surface area contributed by atoms with Crippen molar-refractivity contribution in [1.82, 2.24) is 4.90 Å². The average Bonchev–Trinajstić information content (AvgIpc) is 3.06. The normalized spacial score (nSPS) is 17.7. The molecule has 1 aliphatic rings. The molecule has 0 aromatic heterocycles. The van der Waals surface area contributed by atoms with Crippen LogP contribution < -0.4 is 9.47 Å². The quantitative estimate of drug-likeness (QED) is 0.754. The summed E-state index contributed by atoms with van der Waals surface area (Å²) in [6, 6.07) is 4.57. The van der Waals surface area contributed by atoms with Crippen LogP contribution in [0.15, 0.2) is 24.3 Å². The van der Waals surface area contributed by atoms with Gasteiger partial charge in [0.25, 0.3) is 0 Å². The summed E-state index contributed by atoms with van der Waals surface area (Å²) in [6.07, 6.45) is 3.85. The van der Waals surface area contributed by atoms with Crippen molar-refractivity contribution in [3.05, 3.63) is 29.8 Å². The van der Waals surface area contributed by atoms with Crippen LogP contribution in [0.3, 0.4) is 0 Å².